The highest BCUT2D eigenvalue weighted by Crippen LogP contribution is 2.23. The molecule has 0 aliphatic rings. The lowest BCUT2D eigenvalue weighted by atomic mass is 10.1. The fourth-order valence-electron chi connectivity index (χ4n) is 3.15. The Bertz CT molecular complexity index is 1150. The van der Waals surface area contributed by atoms with E-state index in [0.29, 0.717) is 10.6 Å². The zero-order valence-corrected chi connectivity index (χ0v) is 20.0. The third-order valence-corrected chi connectivity index (χ3v) is 6.77. The van der Waals surface area contributed by atoms with Gasteiger partial charge < -0.3 is 5.32 Å². The van der Waals surface area contributed by atoms with Gasteiger partial charge in [-0.05, 0) is 68.3 Å². The second-order valence-corrected chi connectivity index (χ2v) is 11.0. The summed E-state index contributed by atoms with van der Waals surface area (Å²) in [6, 6.07) is 22.6. The molecular weight excluding hydrogens is 444 g/mol. The van der Waals surface area contributed by atoms with Crippen LogP contribution in [0.4, 0.5) is 0 Å². The van der Waals surface area contributed by atoms with Crippen molar-refractivity contribution in [3.05, 3.63) is 101 Å². The van der Waals surface area contributed by atoms with E-state index in [9.17, 15) is 13.2 Å². The van der Waals surface area contributed by atoms with Gasteiger partial charge in [-0.2, -0.15) is 4.31 Å². The maximum Gasteiger partial charge on any atom is 0.251 e. The van der Waals surface area contributed by atoms with Gasteiger partial charge in [0.05, 0.1) is 4.90 Å². The van der Waals surface area contributed by atoms with Crippen LogP contribution in [0.25, 0.3) is 0 Å². The summed E-state index contributed by atoms with van der Waals surface area (Å²) in [4.78, 5) is 12.6. The fourth-order valence-corrected chi connectivity index (χ4v) is 4.69. The lowest BCUT2D eigenvalue weighted by Crippen LogP contribution is -2.40. The van der Waals surface area contributed by atoms with Gasteiger partial charge in [0.25, 0.3) is 5.91 Å². The lowest BCUT2D eigenvalue weighted by Gasteiger charge is -2.23. The molecule has 7 heteroatoms. The van der Waals surface area contributed by atoms with Crippen LogP contribution in [0.2, 0.25) is 5.02 Å². The summed E-state index contributed by atoms with van der Waals surface area (Å²) < 4.78 is 28.2. The molecule has 0 radical (unpaired) electrons. The summed E-state index contributed by atoms with van der Waals surface area (Å²) in [5.41, 5.74) is 1.85. The standard InChI is InChI=1S/C25H27ClN2O3S/c1-25(2,3)27-24(29)21-11-9-20(10-12-21)18-28(17-19-7-5-4-6-8-19)32(30,31)23-15-13-22(26)14-16-23/h4-16H,17-18H2,1-3H3,(H,27,29). The van der Waals surface area contributed by atoms with Crippen molar-refractivity contribution in [3.8, 4) is 0 Å². The molecule has 0 spiro atoms. The normalized spacial score (nSPS) is 12.0. The number of nitrogens with zero attached hydrogens (tertiary/aromatic N) is 1. The number of carbonyl (C=O) groups excluding carboxylic acids is 1. The molecule has 0 aromatic heterocycles. The molecule has 3 aromatic rings. The third kappa shape index (κ3) is 6.42. The Hall–Kier alpha value is -2.67. The molecule has 3 aromatic carbocycles. The van der Waals surface area contributed by atoms with Crippen LogP contribution < -0.4 is 5.32 Å². The van der Waals surface area contributed by atoms with Gasteiger partial charge in [-0.25, -0.2) is 8.42 Å². The zero-order valence-electron chi connectivity index (χ0n) is 18.4. The van der Waals surface area contributed by atoms with Crippen molar-refractivity contribution in [2.45, 2.75) is 44.3 Å². The molecule has 0 atom stereocenters. The van der Waals surface area contributed by atoms with Crippen LogP contribution in [0.1, 0.15) is 42.3 Å². The van der Waals surface area contributed by atoms with Gasteiger partial charge in [-0.1, -0.05) is 54.1 Å². The molecule has 0 aliphatic carbocycles. The van der Waals surface area contributed by atoms with Crippen molar-refractivity contribution in [2.75, 3.05) is 0 Å². The molecule has 0 saturated carbocycles. The SMILES string of the molecule is CC(C)(C)NC(=O)c1ccc(CN(Cc2ccccc2)S(=O)(=O)c2ccc(Cl)cc2)cc1. The number of halogens is 1. The van der Waals surface area contributed by atoms with Crippen molar-refractivity contribution in [1.29, 1.82) is 0 Å². The predicted molar refractivity (Wildman–Crippen MR) is 128 cm³/mol. The first-order valence-electron chi connectivity index (χ1n) is 10.3. The van der Waals surface area contributed by atoms with Gasteiger partial charge in [0.15, 0.2) is 0 Å². The van der Waals surface area contributed by atoms with E-state index < -0.39 is 10.0 Å². The summed E-state index contributed by atoms with van der Waals surface area (Å²) in [6.45, 7) is 6.14. The molecule has 0 aliphatic heterocycles. The molecule has 1 N–H and O–H groups in total. The first kappa shape index (κ1) is 24.0. The minimum Gasteiger partial charge on any atom is -0.347 e. The summed E-state index contributed by atoms with van der Waals surface area (Å²) in [7, 11) is -3.77. The van der Waals surface area contributed by atoms with Gasteiger partial charge in [0.1, 0.15) is 0 Å². The van der Waals surface area contributed by atoms with Gasteiger partial charge in [0.2, 0.25) is 10.0 Å². The summed E-state index contributed by atoms with van der Waals surface area (Å²) in [5.74, 6) is -0.168. The lowest BCUT2D eigenvalue weighted by molar-refractivity contribution is 0.0919. The molecule has 32 heavy (non-hydrogen) atoms. The molecular formula is C25H27ClN2O3S. The van der Waals surface area contributed by atoms with Crippen molar-refractivity contribution in [2.24, 2.45) is 0 Å². The van der Waals surface area contributed by atoms with Crippen LogP contribution in [0.5, 0.6) is 0 Å². The van der Waals surface area contributed by atoms with Gasteiger partial charge in [0, 0.05) is 29.2 Å². The van der Waals surface area contributed by atoms with Crippen LogP contribution in [-0.2, 0) is 23.1 Å². The zero-order chi connectivity index (χ0) is 23.4. The molecule has 1 amide bonds. The molecule has 0 fully saturated rings. The van der Waals surface area contributed by atoms with Crippen LogP contribution in [0.3, 0.4) is 0 Å². The average Bonchev–Trinajstić information content (AvgIpc) is 2.73. The van der Waals surface area contributed by atoms with E-state index in [1.807, 2.05) is 51.1 Å². The molecule has 0 heterocycles. The fraction of sp³-hybridized carbons (Fsp3) is 0.240. The van der Waals surface area contributed by atoms with E-state index in [-0.39, 0.29) is 29.4 Å². The first-order valence-corrected chi connectivity index (χ1v) is 12.1. The maximum absolute atomic E-state index is 13.4. The van der Waals surface area contributed by atoms with Crippen molar-refractivity contribution in [1.82, 2.24) is 9.62 Å². The highest BCUT2D eigenvalue weighted by Gasteiger charge is 2.25. The number of sulfonamides is 1. The Morgan fingerprint density at radius 3 is 1.91 bits per heavy atom. The van der Waals surface area contributed by atoms with E-state index in [4.69, 9.17) is 11.6 Å². The number of benzene rings is 3. The quantitative estimate of drug-likeness (QED) is 0.512. The number of nitrogens with one attached hydrogen (secondary N) is 1. The maximum atomic E-state index is 13.4. The molecule has 5 nitrogen and oxygen atoms in total. The van der Waals surface area contributed by atoms with Crippen LogP contribution >= 0.6 is 11.6 Å². The summed E-state index contributed by atoms with van der Waals surface area (Å²) in [6.07, 6.45) is 0. The van der Waals surface area contributed by atoms with Crippen LogP contribution in [0.15, 0.2) is 83.8 Å². The molecule has 0 saturated heterocycles. The highest BCUT2D eigenvalue weighted by molar-refractivity contribution is 7.89. The molecule has 0 unspecified atom stereocenters. The molecule has 0 bridgehead atoms. The minimum atomic E-state index is -3.77. The van der Waals surface area contributed by atoms with Crippen molar-refractivity contribution >= 4 is 27.5 Å². The van der Waals surface area contributed by atoms with E-state index in [1.165, 1.54) is 16.4 Å². The third-order valence-electron chi connectivity index (χ3n) is 4.72. The van der Waals surface area contributed by atoms with Gasteiger partial charge >= 0.3 is 0 Å². The molecule has 3 rings (SSSR count). The summed E-state index contributed by atoms with van der Waals surface area (Å²) >= 11 is 5.94. The number of hydrogen-bond acceptors (Lipinski definition) is 3. The van der Waals surface area contributed by atoms with E-state index in [1.54, 1.807) is 36.4 Å². The first-order chi connectivity index (χ1) is 15.0. The van der Waals surface area contributed by atoms with E-state index >= 15 is 0 Å². The average molecular weight is 471 g/mol. The Morgan fingerprint density at radius 2 is 1.38 bits per heavy atom. The van der Waals surface area contributed by atoms with Gasteiger partial charge in [-0.3, -0.25) is 4.79 Å². The molecule has 168 valence electrons. The van der Waals surface area contributed by atoms with Crippen molar-refractivity contribution in [3.63, 3.8) is 0 Å². The van der Waals surface area contributed by atoms with Crippen LogP contribution in [0, 0.1) is 0 Å². The van der Waals surface area contributed by atoms with E-state index in [2.05, 4.69) is 5.32 Å². The Morgan fingerprint density at radius 1 is 0.844 bits per heavy atom. The number of amides is 1. The van der Waals surface area contributed by atoms with Crippen molar-refractivity contribution < 1.29 is 13.2 Å². The van der Waals surface area contributed by atoms with Crippen LogP contribution in [-0.4, -0.2) is 24.2 Å². The highest BCUT2D eigenvalue weighted by atomic mass is 35.5. The number of carbonyl (C=O) groups is 1. The number of rotatable bonds is 7. The largest absolute Gasteiger partial charge is 0.347 e. The van der Waals surface area contributed by atoms with E-state index in [0.717, 1.165) is 11.1 Å². The Labute approximate surface area is 195 Å². The van der Waals surface area contributed by atoms with Gasteiger partial charge in [-0.15, -0.1) is 0 Å². The number of hydrogen-bond donors (Lipinski definition) is 1. The second kappa shape index (κ2) is 9.86. The topological polar surface area (TPSA) is 66.5 Å². The monoisotopic (exact) mass is 470 g/mol. The summed E-state index contributed by atoms with van der Waals surface area (Å²) in [5, 5.41) is 3.40. The Kier molecular flexibility index (Phi) is 7.39. The predicted octanol–water partition coefficient (Wildman–Crippen LogP) is 5.26. The Balaban J connectivity index is 1.87. The smallest absolute Gasteiger partial charge is 0.251 e. The minimum absolute atomic E-state index is 0.168. The second-order valence-electron chi connectivity index (χ2n) is 8.61.